The molecule has 0 bridgehead atoms. The van der Waals surface area contributed by atoms with E-state index < -0.39 is 11.7 Å². The SMILES string of the molecule is Cc1nn(C2CCN(C)C2)cc1Nc1ncc(C(F)(F)F)c(NCCCN2CCC2=O)n1. The van der Waals surface area contributed by atoms with E-state index in [2.05, 4.69) is 37.6 Å². The Kier molecular flexibility index (Phi) is 6.22. The molecule has 4 rings (SSSR count). The van der Waals surface area contributed by atoms with Gasteiger partial charge in [0.15, 0.2) is 0 Å². The van der Waals surface area contributed by atoms with Crippen LogP contribution in [0.1, 0.15) is 36.6 Å². The number of likely N-dealkylation sites (N-methyl/N-ethyl adjacent to an activating group) is 1. The molecular formula is C20H27F3N8O. The van der Waals surface area contributed by atoms with Crippen LogP contribution in [0.5, 0.6) is 0 Å². The van der Waals surface area contributed by atoms with Crippen LogP contribution >= 0.6 is 0 Å². The summed E-state index contributed by atoms with van der Waals surface area (Å²) >= 11 is 0. The molecule has 4 heterocycles. The summed E-state index contributed by atoms with van der Waals surface area (Å²) < 4.78 is 42.2. The number of amides is 1. The smallest absolute Gasteiger partial charge is 0.369 e. The van der Waals surface area contributed by atoms with E-state index in [1.165, 1.54) is 0 Å². The van der Waals surface area contributed by atoms with Gasteiger partial charge in [-0.3, -0.25) is 9.48 Å². The van der Waals surface area contributed by atoms with E-state index in [1.54, 1.807) is 4.90 Å². The number of nitrogens with zero attached hydrogens (tertiary/aromatic N) is 6. The first-order valence-corrected chi connectivity index (χ1v) is 10.7. The molecule has 9 nitrogen and oxygen atoms in total. The van der Waals surface area contributed by atoms with E-state index >= 15 is 0 Å². The van der Waals surface area contributed by atoms with Gasteiger partial charge in [0, 0.05) is 45.0 Å². The molecule has 174 valence electrons. The normalized spacial score (nSPS) is 19.3. The number of hydrogen-bond acceptors (Lipinski definition) is 7. The number of halogens is 3. The zero-order chi connectivity index (χ0) is 22.9. The van der Waals surface area contributed by atoms with Crippen molar-refractivity contribution in [2.24, 2.45) is 0 Å². The van der Waals surface area contributed by atoms with Crippen molar-refractivity contribution in [3.63, 3.8) is 0 Å². The monoisotopic (exact) mass is 452 g/mol. The fraction of sp³-hybridized carbons (Fsp3) is 0.600. The Morgan fingerprint density at radius 1 is 1.28 bits per heavy atom. The predicted octanol–water partition coefficient (Wildman–Crippen LogP) is 2.65. The van der Waals surface area contributed by atoms with E-state index in [1.807, 2.05) is 17.8 Å². The Bertz CT molecular complexity index is 976. The number of nitrogens with one attached hydrogen (secondary N) is 2. The van der Waals surface area contributed by atoms with Crippen LogP contribution < -0.4 is 10.6 Å². The molecule has 12 heteroatoms. The second-order valence-corrected chi connectivity index (χ2v) is 8.30. The first-order chi connectivity index (χ1) is 15.2. The number of hydrogen-bond donors (Lipinski definition) is 2. The van der Waals surface area contributed by atoms with Crippen molar-refractivity contribution in [2.75, 3.05) is 50.4 Å². The first kappa shape index (κ1) is 22.3. The van der Waals surface area contributed by atoms with Crippen LogP contribution in [0.15, 0.2) is 12.4 Å². The third-order valence-electron chi connectivity index (χ3n) is 5.84. The maximum atomic E-state index is 13.4. The molecule has 2 saturated heterocycles. The number of carbonyl (C=O) groups is 1. The highest BCUT2D eigenvalue weighted by atomic mass is 19.4. The summed E-state index contributed by atoms with van der Waals surface area (Å²) in [5, 5.41) is 10.3. The van der Waals surface area contributed by atoms with Gasteiger partial charge in [-0.1, -0.05) is 0 Å². The molecule has 0 aliphatic carbocycles. The maximum absolute atomic E-state index is 13.4. The van der Waals surface area contributed by atoms with Gasteiger partial charge in [-0.15, -0.1) is 0 Å². The molecule has 2 aliphatic heterocycles. The van der Waals surface area contributed by atoms with E-state index in [0.29, 0.717) is 31.6 Å². The summed E-state index contributed by atoms with van der Waals surface area (Å²) in [5.74, 6) is -0.147. The number of aryl methyl sites for hydroxylation is 1. The summed E-state index contributed by atoms with van der Waals surface area (Å²) in [5.41, 5.74) is 0.447. The van der Waals surface area contributed by atoms with Crippen molar-refractivity contribution in [2.45, 2.75) is 38.4 Å². The van der Waals surface area contributed by atoms with Gasteiger partial charge in [-0.2, -0.15) is 23.3 Å². The van der Waals surface area contributed by atoms with Gasteiger partial charge in [-0.05, 0) is 33.4 Å². The molecule has 2 aromatic rings. The molecule has 0 radical (unpaired) electrons. The first-order valence-electron chi connectivity index (χ1n) is 10.7. The van der Waals surface area contributed by atoms with E-state index in [9.17, 15) is 18.0 Å². The Morgan fingerprint density at radius 2 is 2.09 bits per heavy atom. The van der Waals surface area contributed by atoms with Gasteiger partial charge in [-0.25, -0.2) is 4.98 Å². The molecule has 0 saturated carbocycles. The van der Waals surface area contributed by atoms with Crippen molar-refractivity contribution >= 4 is 23.4 Å². The van der Waals surface area contributed by atoms with Crippen molar-refractivity contribution in [3.05, 3.63) is 23.7 Å². The molecule has 2 N–H and O–H groups in total. The number of carbonyl (C=O) groups excluding carboxylic acids is 1. The summed E-state index contributed by atoms with van der Waals surface area (Å²) in [6, 6.07) is 0.262. The topological polar surface area (TPSA) is 91.2 Å². The Hall–Kier alpha value is -2.89. The largest absolute Gasteiger partial charge is 0.421 e. The van der Waals surface area contributed by atoms with E-state index in [4.69, 9.17) is 0 Å². The quantitative estimate of drug-likeness (QED) is 0.470. The van der Waals surface area contributed by atoms with Crippen LogP contribution in [0.3, 0.4) is 0 Å². The molecule has 1 atom stereocenters. The van der Waals surface area contributed by atoms with Crippen molar-refractivity contribution in [3.8, 4) is 0 Å². The van der Waals surface area contributed by atoms with Gasteiger partial charge < -0.3 is 20.4 Å². The van der Waals surface area contributed by atoms with Gasteiger partial charge >= 0.3 is 6.18 Å². The van der Waals surface area contributed by atoms with Crippen LogP contribution in [0.4, 0.5) is 30.6 Å². The average molecular weight is 452 g/mol. The number of rotatable bonds is 8. The summed E-state index contributed by atoms with van der Waals surface area (Å²) in [7, 11) is 2.06. The Balaban J connectivity index is 1.45. The van der Waals surface area contributed by atoms with Gasteiger partial charge in [0.05, 0.1) is 17.4 Å². The standard InChI is InChI=1S/C20H27F3N8O/c1-13-16(12-31(28-13)14-4-8-29(2)11-14)26-19-25-10-15(20(21,22)23)18(27-19)24-6-3-7-30-9-5-17(30)32/h10,12,14H,3-9,11H2,1-2H3,(H2,24,25,26,27). The lowest BCUT2D eigenvalue weighted by molar-refractivity contribution is -0.139. The highest BCUT2D eigenvalue weighted by molar-refractivity contribution is 5.81. The fourth-order valence-electron chi connectivity index (χ4n) is 3.90. The lowest BCUT2D eigenvalue weighted by Gasteiger charge is -2.30. The minimum Gasteiger partial charge on any atom is -0.369 e. The highest BCUT2D eigenvalue weighted by Crippen LogP contribution is 2.34. The minimum atomic E-state index is -4.58. The minimum absolute atomic E-state index is 0.0598. The predicted molar refractivity (Wildman–Crippen MR) is 113 cm³/mol. The molecule has 1 amide bonds. The van der Waals surface area contributed by atoms with Crippen LogP contribution in [0.2, 0.25) is 0 Å². The lowest BCUT2D eigenvalue weighted by Crippen LogP contribution is -2.44. The molecule has 0 spiro atoms. The van der Waals surface area contributed by atoms with Crippen LogP contribution in [0.25, 0.3) is 0 Å². The molecular weight excluding hydrogens is 425 g/mol. The number of anilines is 3. The third kappa shape index (κ3) is 4.95. The van der Waals surface area contributed by atoms with Crippen LogP contribution in [-0.4, -0.2) is 75.2 Å². The molecule has 2 aromatic heterocycles. The maximum Gasteiger partial charge on any atom is 0.421 e. The average Bonchev–Trinajstić information content (AvgIpc) is 3.31. The molecule has 2 fully saturated rings. The summed E-state index contributed by atoms with van der Waals surface area (Å²) in [4.78, 5) is 23.2. The van der Waals surface area contributed by atoms with Crippen LogP contribution in [0, 0.1) is 6.92 Å². The second-order valence-electron chi connectivity index (χ2n) is 8.30. The lowest BCUT2D eigenvalue weighted by atomic mass is 10.2. The highest BCUT2D eigenvalue weighted by Gasteiger charge is 2.35. The van der Waals surface area contributed by atoms with E-state index in [0.717, 1.165) is 31.4 Å². The van der Waals surface area contributed by atoms with Crippen molar-refractivity contribution < 1.29 is 18.0 Å². The molecule has 0 aromatic carbocycles. The Morgan fingerprint density at radius 3 is 2.72 bits per heavy atom. The number of alkyl halides is 3. The fourth-order valence-corrected chi connectivity index (χ4v) is 3.90. The van der Waals surface area contributed by atoms with Gasteiger partial charge in [0.1, 0.15) is 11.4 Å². The van der Waals surface area contributed by atoms with Crippen LogP contribution in [-0.2, 0) is 11.0 Å². The van der Waals surface area contributed by atoms with Gasteiger partial charge in [0.25, 0.3) is 0 Å². The Labute approximate surface area is 184 Å². The van der Waals surface area contributed by atoms with Crippen molar-refractivity contribution in [1.82, 2.24) is 29.5 Å². The molecule has 32 heavy (non-hydrogen) atoms. The number of β-lactam (4-membered cyclic amide) rings is 1. The van der Waals surface area contributed by atoms with E-state index in [-0.39, 0.29) is 30.3 Å². The van der Waals surface area contributed by atoms with Crippen molar-refractivity contribution in [1.29, 1.82) is 0 Å². The zero-order valence-electron chi connectivity index (χ0n) is 18.1. The molecule has 1 unspecified atom stereocenters. The van der Waals surface area contributed by atoms with Gasteiger partial charge in [0.2, 0.25) is 11.9 Å². The summed E-state index contributed by atoms with van der Waals surface area (Å²) in [6.45, 7) is 5.20. The number of likely N-dealkylation sites (tertiary alicyclic amines) is 2. The molecule has 2 aliphatic rings. The summed E-state index contributed by atoms with van der Waals surface area (Å²) in [6.07, 6.45) is 0.103. The number of aromatic nitrogens is 4. The second kappa shape index (κ2) is 8.93. The third-order valence-corrected chi connectivity index (χ3v) is 5.84. The zero-order valence-corrected chi connectivity index (χ0v) is 18.1.